The molecule has 4 heteroatoms. The van der Waals surface area contributed by atoms with Crippen molar-refractivity contribution in [2.45, 2.75) is 45.6 Å². The molecule has 0 aromatic carbocycles. The summed E-state index contributed by atoms with van der Waals surface area (Å²) in [6.45, 7) is 12.1. The molecule has 1 aliphatic carbocycles. The van der Waals surface area contributed by atoms with Crippen LogP contribution in [0.15, 0.2) is 0 Å². The quantitative estimate of drug-likeness (QED) is 0.551. The Hall–Kier alpha value is -0.160. The van der Waals surface area contributed by atoms with Gasteiger partial charge >= 0.3 is 0 Å². The maximum atomic E-state index is 6.07. The van der Waals surface area contributed by atoms with E-state index in [-0.39, 0.29) is 5.54 Å². The summed E-state index contributed by atoms with van der Waals surface area (Å²) in [6, 6.07) is 0. The first-order chi connectivity index (χ1) is 9.16. The molecule has 0 bridgehead atoms. The van der Waals surface area contributed by atoms with Crippen LogP contribution < -0.4 is 5.73 Å². The first-order valence-corrected chi connectivity index (χ1v) is 7.77. The van der Waals surface area contributed by atoms with E-state index >= 15 is 0 Å². The summed E-state index contributed by atoms with van der Waals surface area (Å²) in [5, 5.41) is 0. The Kier molecular flexibility index (Phi) is 7.91. The van der Waals surface area contributed by atoms with Gasteiger partial charge in [-0.1, -0.05) is 12.8 Å². The number of ether oxygens (including phenoxy) is 2. The van der Waals surface area contributed by atoms with Crippen LogP contribution in [-0.2, 0) is 9.47 Å². The predicted molar refractivity (Wildman–Crippen MR) is 79.4 cm³/mol. The molecule has 0 heterocycles. The minimum Gasteiger partial charge on any atom is -0.380 e. The highest BCUT2D eigenvalue weighted by molar-refractivity contribution is 4.93. The van der Waals surface area contributed by atoms with Gasteiger partial charge in [0.1, 0.15) is 0 Å². The molecule has 0 aliphatic heterocycles. The van der Waals surface area contributed by atoms with Crippen LogP contribution >= 0.6 is 0 Å². The average Bonchev–Trinajstić information content (AvgIpc) is 3.21. The summed E-state index contributed by atoms with van der Waals surface area (Å²) in [6.07, 6.45) is 3.96. The zero-order chi connectivity index (χ0) is 14.1. The minimum absolute atomic E-state index is 0.0926. The van der Waals surface area contributed by atoms with Gasteiger partial charge in [0.05, 0.1) is 13.2 Å². The van der Waals surface area contributed by atoms with Crippen LogP contribution in [0, 0.1) is 5.92 Å². The second kappa shape index (κ2) is 8.90. The maximum Gasteiger partial charge on any atom is 0.0593 e. The van der Waals surface area contributed by atoms with Gasteiger partial charge in [-0.05, 0) is 33.1 Å². The Balaban J connectivity index is 2.50. The van der Waals surface area contributed by atoms with Crippen LogP contribution in [-0.4, -0.2) is 56.5 Å². The van der Waals surface area contributed by atoms with Gasteiger partial charge in [0, 0.05) is 38.4 Å². The summed E-state index contributed by atoms with van der Waals surface area (Å²) in [4.78, 5) is 2.47. The van der Waals surface area contributed by atoms with Gasteiger partial charge in [-0.25, -0.2) is 0 Å². The molecule has 0 amide bonds. The fourth-order valence-corrected chi connectivity index (χ4v) is 2.58. The van der Waals surface area contributed by atoms with Crippen molar-refractivity contribution in [1.82, 2.24) is 4.90 Å². The molecule has 1 unspecified atom stereocenters. The SMILES string of the molecule is CCOCCN(CCOCC)C(C)(CN)CC1CC1. The standard InChI is InChI=1S/C15H32N2O2/c1-4-18-10-8-17(9-11-19-5-2)15(3,13-16)12-14-6-7-14/h14H,4-13,16H2,1-3H3. The molecule has 114 valence electrons. The molecule has 1 aliphatic rings. The lowest BCUT2D eigenvalue weighted by Gasteiger charge is -2.41. The number of hydrogen-bond donors (Lipinski definition) is 1. The van der Waals surface area contributed by atoms with Gasteiger partial charge in [0.25, 0.3) is 0 Å². The Morgan fingerprint density at radius 3 is 2.00 bits per heavy atom. The van der Waals surface area contributed by atoms with E-state index in [0.717, 1.165) is 45.4 Å². The number of rotatable bonds is 12. The molecular formula is C15H32N2O2. The lowest BCUT2D eigenvalue weighted by atomic mass is 9.92. The number of hydrogen-bond acceptors (Lipinski definition) is 4. The third-order valence-electron chi connectivity index (χ3n) is 4.05. The molecule has 1 atom stereocenters. The highest BCUT2D eigenvalue weighted by Gasteiger charge is 2.36. The number of nitrogens with zero attached hydrogens (tertiary/aromatic N) is 1. The maximum absolute atomic E-state index is 6.07. The second-order valence-electron chi connectivity index (χ2n) is 5.73. The van der Waals surface area contributed by atoms with Crippen molar-refractivity contribution < 1.29 is 9.47 Å². The molecule has 0 saturated heterocycles. The predicted octanol–water partition coefficient (Wildman–Crippen LogP) is 1.88. The van der Waals surface area contributed by atoms with E-state index in [2.05, 4.69) is 11.8 Å². The highest BCUT2D eigenvalue weighted by atomic mass is 16.5. The van der Waals surface area contributed by atoms with Crippen LogP contribution in [0.2, 0.25) is 0 Å². The summed E-state index contributed by atoms with van der Waals surface area (Å²) < 4.78 is 11.0. The smallest absolute Gasteiger partial charge is 0.0593 e. The van der Waals surface area contributed by atoms with Crippen LogP contribution in [0.5, 0.6) is 0 Å². The Labute approximate surface area is 118 Å². The zero-order valence-electron chi connectivity index (χ0n) is 13.0. The van der Waals surface area contributed by atoms with E-state index in [1.54, 1.807) is 0 Å². The summed E-state index contributed by atoms with van der Waals surface area (Å²) in [7, 11) is 0. The van der Waals surface area contributed by atoms with Crippen LogP contribution in [0.3, 0.4) is 0 Å². The van der Waals surface area contributed by atoms with E-state index < -0.39 is 0 Å². The molecule has 1 fully saturated rings. The average molecular weight is 272 g/mol. The summed E-state index contributed by atoms with van der Waals surface area (Å²) >= 11 is 0. The van der Waals surface area contributed by atoms with E-state index in [0.29, 0.717) is 6.54 Å². The molecule has 0 aromatic rings. The molecular weight excluding hydrogens is 240 g/mol. The van der Waals surface area contributed by atoms with Crippen molar-refractivity contribution in [3.63, 3.8) is 0 Å². The van der Waals surface area contributed by atoms with E-state index in [1.807, 2.05) is 13.8 Å². The third kappa shape index (κ3) is 6.21. The largest absolute Gasteiger partial charge is 0.380 e. The van der Waals surface area contributed by atoms with Crippen LogP contribution in [0.1, 0.15) is 40.0 Å². The molecule has 0 aromatic heterocycles. The first kappa shape index (κ1) is 16.9. The van der Waals surface area contributed by atoms with Crippen molar-refractivity contribution in [1.29, 1.82) is 0 Å². The molecule has 19 heavy (non-hydrogen) atoms. The number of nitrogens with two attached hydrogens (primary N) is 1. The zero-order valence-corrected chi connectivity index (χ0v) is 13.0. The second-order valence-corrected chi connectivity index (χ2v) is 5.73. The Bertz CT molecular complexity index is 224. The fourth-order valence-electron chi connectivity index (χ4n) is 2.58. The van der Waals surface area contributed by atoms with Crippen molar-refractivity contribution in [3.05, 3.63) is 0 Å². The van der Waals surface area contributed by atoms with Crippen molar-refractivity contribution >= 4 is 0 Å². The Morgan fingerprint density at radius 2 is 1.63 bits per heavy atom. The van der Waals surface area contributed by atoms with Crippen molar-refractivity contribution in [3.8, 4) is 0 Å². The van der Waals surface area contributed by atoms with Gasteiger partial charge in [-0.3, -0.25) is 4.90 Å². The monoisotopic (exact) mass is 272 g/mol. The lowest BCUT2D eigenvalue weighted by molar-refractivity contribution is 0.0240. The van der Waals surface area contributed by atoms with Crippen molar-refractivity contribution in [2.24, 2.45) is 11.7 Å². The normalized spacial score (nSPS) is 18.8. The van der Waals surface area contributed by atoms with Gasteiger partial charge in [-0.2, -0.15) is 0 Å². The topological polar surface area (TPSA) is 47.7 Å². The molecule has 2 N–H and O–H groups in total. The van der Waals surface area contributed by atoms with Crippen molar-refractivity contribution in [2.75, 3.05) is 46.1 Å². The highest BCUT2D eigenvalue weighted by Crippen LogP contribution is 2.38. The first-order valence-electron chi connectivity index (χ1n) is 7.77. The lowest BCUT2D eigenvalue weighted by Crippen LogP contribution is -2.54. The van der Waals surface area contributed by atoms with Gasteiger partial charge in [0.15, 0.2) is 0 Å². The minimum atomic E-state index is 0.0926. The molecule has 0 radical (unpaired) electrons. The fraction of sp³-hybridized carbons (Fsp3) is 1.00. The van der Waals surface area contributed by atoms with E-state index in [9.17, 15) is 0 Å². The van der Waals surface area contributed by atoms with Crippen LogP contribution in [0.25, 0.3) is 0 Å². The summed E-state index contributed by atoms with van der Waals surface area (Å²) in [5.41, 5.74) is 6.16. The van der Waals surface area contributed by atoms with E-state index in [4.69, 9.17) is 15.2 Å². The van der Waals surface area contributed by atoms with Gasteiger partial charge in [0.2, 0.25) is 0 Å². The van der Waals surface area contributed by atoms with E-state index in [1.165, 1.54) is 19.3 Å². The summed E-state index contributed by atoms with van der Waals surface area (Å²) in [5.74, 6) is 0.884. The van der Waals surface area contributed by atoms with Gasteiger partial charge < -0.3 is 15.2 Å². The molecule has 4 nitrogen and oxygen atoms in total. The third-order valence-corrected chi connectivity index (χ3v) is 4.05. The van der Waals surface area contributed by atoms with Gasteiger partial charge in [-0.15, -0.1) is 0 Å². The Morgan fingerprint density at radius 1 is 1.11 bits per heavy atom. The molecule has 0 spiro atoms. The van der Waals surface area contributed by atoms with Crippen LogP contribution in [0.4, 0.5) is 0 Å². The molecule has 1 saturated carbocycles. The molecule has 1 rings (SSSR count).